The molecule has 0 amide bonds. The first kappa shape index (κ1) is 19.5. The number of hydrogen-bond acceptors (Lipinski definition) is 4. The maximum atomic E-state index is 13.9. The standard InChI is InChI=1S/C17H9F3O3S.C2H6/c18-11-7-10(14(19)17(23)15(11)20)16(22)13-5-4-12(24-13)8-2-1-3-9(21)6-8;1-2/h1-7,21,23H;1-2H3. The van der Waals surface area contributed by atoms with Crippen LogP contribution in [0.15, 0.2) is 42.5 Å². The van der Waals surface area contributed by atoms with Gasteiger partial charge in [0.1, 0.15) is 5.75 Å². The Morgan fingerprint density at radius 3 is 2.31 bits per heavy atom. The number of carbonyl (C=O) groups excluding carboxylic acids is 1. The molecule has 0 aliphatic heterocycles. The van der Waals surface area contributed by atoms with Crippen molar-refractivity contribution in [2.45, 2.75) is 13.8 Å². The van der Waals surface area contributed by atoms with Crippen LogP contribution in [0.5, 0.6) is 11.5 Å². The van der Waals surface area contributed by atoms with Crippen LogP contribution in [0, 0.1) is 17.5 Å². The minimum atomic E-state index is -1.74. The van der Waals surface area contributed by atoms with Crippen molar-refractivity contribution in [1.82, 2.24) is 0 Å². The van der Waals surface area contributed by atoms with E-state index in [-0.39, 0.29) is 10.6 Å². The van der Waals surface area contributed by atoms with E-state index in [0.717, 1.165) is 11.3 Å². The molecular weight excluding hydrogens is 365 g/mol. The molecule has 26 heavy (non-hydrogen) atoms. The second kappa shape index (κ2) is 8.05. The third kappa shape index (κ3) is 3.72. The summed E-state index contributed by atoms with van der Waals surface area (Å²) < 4.78 is 40.3. The third-order valence-electron chi connectivity index (χ3n) is 3.34. The van der Waals surface area contributed by atoms with Crippen molar-refractivity contribution in [3.8, 4) is 21.9 Å². The molecule has 0 saturated carbocycles. The smallest absolute Gasteiger partial charge is 0.206 e. The second-order valence-electron chi connectivity index (χ2n) is 4.93. The van der Waals surface area contributed by atoms with E-state index in [4.69, 9.17) is 0 Å². The summed E-state index contributed by atoms with van der Waals surface area (Å²) in [6.07, 6.45) is 0. The topological polar surface area (TPSA) is 57.5 Å². The van der Waals surface area contributed by atoms with Crippen LogP contribution >= 0.6 is 11.3 Å². The summed E-state index contributed by atoms with van der Waals surface area (Å²) in [5.41, 5.74) is -0.108. The van der Waals surface area contributed by atoms with Gasteiger partial charge in [0, 0.05) is 4.88 Å². The van der Waals surface area contributed by atoms with Gasteiger partial charge in [0.05, 0.1) is 10.4 Å². The van der Waals surface area contributed by atoms with Crippen LogP contribution in [-0.2, 0) is 0 Å². The van der Waals surface area contributed by atoms with Crippen molar-refractivity contribution < 1.29 is 28.2 Å². The van der Waals surface area contributed by atoms with E-state index in [0.29, 0.717) is 16.5 Å². The first-order chi connectivity index (χ1) is 12.4. The van der Waals surface area contributed by atoms with E-state index in [1.165, 1.54) is 18.2 Å². The van der Waals surface area contributed by atoms with Crippen LogP contribution in [0.4, 0.5) is 13.2 Å². The van der Waals surface area contributed by atoms with Crippen LogP contribution in [0.2, 0.25) is 0 Å². The van der Waals surface area contributed by atoms with Crippen LogP contribution in [-0.4, -0.2) is 16.0 Å². The van der Waals surface area contributed by atoms with E-state index in [1.54, 1.807) is 18.2 Å². The van der Waals surface area contributed by atoms with Gasteiger partial charge in [-0.05, 0) is 35.9 Å². The first-order valence-corrected chi connectivity index (χ1v) is 8.50. The molecule has 3 rings (SSSR count). The largest absolute Gasteiger partial charge is 0.508 e. The van der Waals surface area contributed by atoms with E-state index >= 15 is 0 Å². The summed E-state index contributed by atoms with van der Waals surface area (Å²) in [7, 11) is 0. The number of benzene rings is 2. The summed E-state index contributed by atoms with van der Waals surface area (Å²) in [4.78, 5) is 13.0. The normalized spacial score (nSPS) is 10.2. The predicted octanol–water partition coefficient (Wildman–Crippen LogP) is 5.50. The molecule has 0 aliphatic carbocycles. The summed E-state index contributed by atoms with van der Waals surface area (Å²) in [6, 6.07) is 9.73. The number of hydrogen-bond donors (Lipinski definition) is 2. The van der Waals surface area contributed by atoms with E-state index in [2.05, 4.69) is 0 Å². The highest BCUT2D eigenvalue weighted by molar-refractivity contribution is 7.17. The van der Waals surface area contributed by atoms with Crippen molar-refractivity contribution in [1.29, 1.82) is 0 Å². The predicted molar refractivity (Wildman–Crippen MR) is 94.2 cm³/mol. The lowest BCUT2D eigenvalue weighted by Crippen LogP contribution is -2.05. The van der Waals surface area contributed by atoms with Crippen LogP contribution < -0.4 is 0 Å². The van der Waals surface area contributed by atoms with Crippen LogP contribution in [0.1, 0.15) is 29.1 Å². The number of rotatable bonds is 3. The summed E-state index contributed by atoms with van der Waals surface area (Å²) in [6.45, 7) is 4.00. The molecule has 3 nitrogen and oxygen atoms in total. The van der Waals surface area contributed by atoms with Crippen molar-refractivity contribution in [3.05, 3.63) is 70.4 Å². The number of thiophene rings is 1. The van der Waals surface area contributed by atoms with Gasteiger partial charge >= 0.3 is 0 Å². The molecule has 0 bridgehead atoms. The zero-order chi connectivity index (χ0) is 19.4. The van der Waals surface area contributed by atoms with Gasteiger partial charge in [0.2, 0.25) is 11.6 Å². The fourth-order valence-electron chi connectivity index (χ4n) is 2.16. The Bertz CT molecular complexity index is 951. The van der Waals surface area contributed by atoms with Gasteiger partial charge < -0.3 is 10.2 Å². The average molecular weight is 380 g/mol. The second-order valence-corrected chi connectivity index (χ2v) is 6.01. The van der Waals surface area contributed by atoms with E-state index in [1.807, 2.05) is 13.8 Å². The highest BCUT2D eigenvalue weighted by Crippen LogP contribution is 2.33. The summed E-state index contributed by atoms with van der Waals surface area (Å²) >= 11 is 0.997. The fraction of sp³-hybridized carbons (Fsp3) is 0.105. The molecule has 1 heterocycles. The lowest BCUT2D eigenvalue weighted by molar-refractivity contribution is 0.103. The molecule has 0 unspecified atom stereocenters. The van der Waals surface area contributed by atoms with E-state index in [9.17, 15) is 28.2 Å². The van der Waals surface area contributed by atoms with Crippen molar-refractivity contribution >= 4 is 17.1 Å². The molecule has 136 valence electrons. The molecule has 0 fully saturated rings. The maximum absolute atomic E-state index is 13.9. The van der Waals surface area contributed by atoms with Gasteiger partial charge in [0.15, 0.2) is 17.4 Å². The molecule has 2 aromatic carbocycles. The van der Waals surface area contributed by atoms with E-state index < -0.39 is 34.5 Å². The Hall–Kier alpha value is -2.80. The van der Waals surface area contributed by atoms with Gasteiger partial charge in [-0.3, -0.25) is 4.79 Å². The molecule has 3 aromatic rings. The number of ketones is 1. The summed E-state index contributed by atoms with van der Waals surface area (Å²) in [5, 5.41) is 18.7. The number of phenolic OH excluding ortho intramolecular Hbond substituents is 2. The Morgan fingerprint density at radius 2 is 1.65 bits per heavy atom. The lowest BCUT2D eigenvalue weighted by Gasteiger charge is -2.04. The summed E-state index contributed by atoms with van der Waals surface area (Å²) in [5.74, 6) is -7.12. The molecule has 0 atom stereocenters. The average Bonchev–Trinajstić information content (AvgIpc) is 3.14. The molecule has 0 aliphatic rings. The molecule has 0 radical (unpaired) electrons. The quantitative estimate of drug-likeness (QED) is 0.466. The first-order valence-electron chi connectivity index (χ1n) is 7.69. The van der Waals surface area contributed by atoms with Crippen LogP contribution in [0.25, 0.3) is 10.4 Å². The SMILES string of the molecule is CC.O=C(c1ccc(-c2cccc(O)c2)s1)c1cc(F)c(F)c(O)c1F. The minimum Gasteiger partial charge on any atom is -0.508 e. The van der Waals surface area contributed by atoms with Gasteiger partial charge in [-0.15, -0.1) is 11.3 Å². The fourth-order valence-corrected chi connectivity index (χ4v) is 3.12. The van der Waals surface area contributed by atoms with Gasteiger partial charge in [-0.2, -0.15) is 4.39 Å². The maximum Gasteiger partial charge on any atom is 0.206 e. The Balaban J connectivity index is 0.00000117. The Morgan fingerprint density at radius 1 is 0.962 bits per heavy atom. The molecule has 7 heteroatoms. The molecule has 0 saturated heterocycles. The Kier molecular flexibility index (Phi) is 6.05. The third-order valence-corrected chi connectivity index (χ3v) is 4.47. The van der Waals surface area contributed by atoms with Crippen molar-refractivity contribution in [3.63, 3.8) is 0 Å². The number of carbonyl (C=O) groups is 1. The highest BCUT2D eigenvalue weighted by Gasteiger charge is 2.24. The lowest BCUT2D eigenvalue weighted by atomic mass is 10.1. The zero-order valence-electron chi connectivity index (χ0n) is 13.9. The molecule has 0 spiro atoms. The van der Waals surface area contributed by atoms with Crippen molar-refractivity contribution in [2.75, 3.05) is 0 Å². The molecular formula is C19H15F3O3S. The number of aromatic hydroxyl groups is 2. The van der Waals surface area contributed by atoms with Gasteiger partial charge in [-0.25, -0.2) is 8.78 Å². The van der Waals surface area contributed by atoms with Gasteiger partial charge in [0.25, 0.3) is 0 Å². The Labute approximate surface area is 152 Å². The minimum absolute atomic E-state index is 0.0466. The van der Waals surface area contributed by atoms with Crippen molar-refractivity contribution in [2.24, 2.45) is 0 Å². The zero-order valence-corrected chi connectivity index (χ0v) is 14.7. The number of halogens is 3. The van der Waals surface area contributed by atoms with Crippen LogP contribution in [0.3, 0.4) is 0 Å². The highest BCUT2D eigenvalue weighted by atomic mass is 32.1. The monoisotopic (exact) mass is 380 g/mol. The number of phenols is 2. The molecule has 2 N–H and O–H groups in total. The molecule has 1 aromatic heterocycles. The van der Waals surface area contributed by atoms with Gasteiger partial charge in [-0.1, -0.05) is 26.0 Å².